The van der Waals surface area contributed by atoms with Crippen LogP contribution >= 0.6 is 23.1 Å². The van der Waals surface area contributed by atoms with Crippen LogP contribution < -0.4 is 0 Å². The maximum Gasteiger partial charge on any atom is 0.176 e. The van der Waals surface area contributed by atoms with Gasteiger partial charge in [0.15, 0.2) is 5.78 Å². The lowest BCUT2D eigenvalue weighted by molar-refractivity contribution is 0.101. The van der Waals surface area contributed by atoms with E-state index >= 15 is 0 Å². The number of carbonyl (C=O) groups is 1. The Kier molecular flexibility index (Phi) is 5.01. The fourth-order valence-corrected chi connectivity index (χ4v) is 4.68. The van der Waals surface area contributed by atoms with Crippen LogP contribution in [0.4, 0.5) is 4.39 Å². The molecule has 0 saturated heterocycles. The van der Waals surface area contributed by atoms with E-state index in [0.717, 1.165) is 26.4 Å². The summed E-state index contributed by atoms with van der Waals surface area (Å²) in [7, 11) is 0. The second-order valence-corrected chi connectivity index (χ2v) is 7.89. The quantitative estimate of drug-likeness (QED) is 0.244. The molecule has 0 radical (unpaired) electrons. The van der Waals surface area contributed by atoms with Gasteiger partial charge in [0, 0.05) is 10.9 Å². The van der Waals surface area contributed by atoms with Gasteiger partial charge in [0.25, 0.3) is 0 Å². The SMILES string of the molecule is Cc1ccc(-c2csc3ncnc(SCC(=O)c4ccccc4F)c23)cc1. The lowest BCUT2D eigenvalue weighted by Crippen LogP contribution is -2.05. The molecular formula is C21H15FN2OS2. The number of ketones is 1. The van der Waals surface area contributed by atoms with Gasteiger partial charge in [-0.2, -0.15) is 0 Å². The third kappa shape index (κ3) is 3.63. The van der Waals surface area contributed by atoms with Gasteiger partial charge in [-0.3, -0.25) is 4.79 Å². The molecule has 134 valence electrons. The van der Waals surface area contributed by atoms with Crippen molar-refractivity contribution >= 4 is 39.1 Å². The topological polar surface area (TPSA) is 42.9 Å². The van der Waals surface area contributed by atoms with Crippen molar-refractivity contribution in [3.63, 3.8) is 0 Å². The fourth-order valence-electron chi connectivity index (χ4n) is 2.80. The normalized spacial score (nSPS) is 11.0. The van der Waals surface area contributed by atoms with E-state index < -0.39 is 5.82 Å². The molecule has 0 unspecified atom stereocenters. The zero-order chi connectivity index (χ0) is 18.8. The van der Waals surface area contributed by atoms with Gasteiger partial charge in [-0.1, -0.05) is 53.7 Å². The molecule has 0 bridgehead atoms. The molecule has 0 amide bonds. The molecule has 4 aromatic rings. The Morgan fingerprint density at radius 2 is 1.89 bits per heavy atom. The summed E-state index contributed by atoms with van der Waals surface area (Å²) in [5, 5.41) is 3.74. The molecule has 2 aromatic heterocycles. The van der Waals surface area contributed by atoms with Gasteiger partial charge in [0.2, 0.25) is 0 Å². The maximum atomic E-state index is 13.8. The molecule has 0 fully saturated rings. The molecule has 0 aliphatic rings. The summed E-state index contributed by atoms with van der Waals surface area (Å²) in [6, 6.07) is 14.3. The largest absolute Gasteiger partial charge is 0.293 e. The number of thiophene rings is 1. The van der Waals surface area contributed by atoms with Crippen LogP contribution in [0, 0.1) is 12.7 Å². The van der Waals surface area contributed by atoms with Gasteiger partial charge in [0.05, 0.1) is 16.7 Å². The Morgan fingerprint density at radius 1 is 1.11 bits per heavy atom. The predicted molar refractivity (Wildman–Crippen MR) is 109 cm³/mol. The number of benzene rings is 2. The third-order valence-corrected chi connectivity index (χ3v) is 6.09. The molecule has 6 heteroatoms. The summed E-state index contributed by atoms with van der Waals surface area (Å²) in [6.45, 7) is 2.05. The molecule has 2 aromatic carbocycles. The number of carbonyl (C=O) groups excluding carboxylic acids is 1. The van der Waals surface area contributed by atoms with E-state index in [1.165, 1.54) is 35.8 Å². The number of rotatable bonds is 5. The lowest BCUT2D eigenvalue weighted by atomic mass is 10.1. The minimum atomic E-state index is -0.494. The summed E-state index contributed by atoms with van der Waals surface area (Å²) >= 11 is 2.87. The van der Waals surface area contributed by atoms with Gasteiger partial charge in [-0.15, -0.1) is 11.3 Å². The Bertz CT molecular complexity index is 1120. The van der Waals surface area contributed by atoms with Crippen LogP contribution in [0.25, 0.3) is 21.3 Å². The molecule has 0 spiro atoms. The van der Waals surface area contributed by atoms with Crippen molar-refractivity contribution in [2.45, 2.75) is 11.9 Å². The molecule has 0 aliphatic heterocycles. The number of aromatic nitrogens is 2. The predicted octanol–water partition coefficient (Wildman–Crippen LogP) is 5.78. The van der Waals surface area contributed by atoms with Crippen molar-refractivity contribution < 1.29 is 9.18 Å². The van der Waals surface area contributed by atoms with Crippen molar-refractivity contribution in [1.82, 2.24) is 9.97 Å². The van der Waals surface area contributed by atoms with E-state index in [2.05, 4.69) is 39.6 Å². The molecular weight excluding hydrogens is 379 g/mol. The van der Waals surface area contributed by atoms with Crippen LogP contribution in [0.2, 0.25) is 0 Å². The van der Waals surface area contributed by atoms with E-state index in [-0.39, 0.29) is 17.1 Å². The third-order valence-electron chi connectivity index (χ3n) is 4.21. The number of aryl methyl sites for hydroxylation is 1. The molecule has 0 saturated carbocycles. The zero-order valence-corrected chi connectivity index (χ0v) is 16.1. The van der Waals surface area contributed by atoms with E-state index in [0.29, 0.717) is 0 Å². The van der Waals surface area contributed by atoms with Crippen LogP contribution in [0.3, 0.4) is 0 Å². The standard InChI is InChI=1S/C21H15FN2OS2/c1-13-6-8-14(9-7-13)16-10-26-20-19(16)21(24-12-23-20)27-11-18(25)15-4-2-3-5-17(15)22/h2-10,12H,11H2,1H3. The number of Topliss-reactive ketones (excluding diaryl/α,β-unsaturated/α-hetero) is 1. The Morgan fingerprint density at radius 3 is 2.67 bits per heavy atom. The van der Waals surface area contributed by atoms with Gasteiger partial charge in [0.1, 0.15) is 22.0 Å². The Balaban J connectivity index is 1.66. The Labute approximate surface area is 164 Å². The second-order valence-electron chi connectivity index (χ2n) is 6.07. The number of halogens is 1. The summed E-state index contributed by atoms with van der Waals surface area (Å²) in [6.07, 6.45) is 1.51. The van der Waals surface area contributed by atoms with Crippen molar-refractivity contribution in [3.05, 3.63) is 77.2 Å². The maximum absolute atomic E-state index is 13.8. The number of hydrogen-bond donors (Lipinski definition) is 0. The molecule has 0 N–H and O–H groups in total. The minimum Gasteiger partial charge on any atom is -0.293 e. The van der Waals surface area contributed by atoms with Crippen LogP contribution in [0.1, 0.15) is 15.9 Å². The van der Waals surface area contributed by atoms with E-state index in [4.69, 9.17) is 0 Å². The Hall–Kier alpha value is -2.57. The first-order valence-corrected chi connectivity index (χ1v) is 10.2. The van der Waals surface area contributed by atoms with E-state index in [9.17, 15) is 9.18 Å². The van der Waals surface area contributed by atoms with E-state index in [1.54, 1.807) is 23.5 Å². The molecule has 27 heavy (non-hydrogen) atoms. The first-order chi connectivity index (χ1) is 13.1. The summed E-state index contributed by atoms with van der Waals surface area (Å²) in [4.78, 5) is 22.0. The highest BCUT2D eigenvalue weighted by Crippen LogP contribution is 2.38. The van der Waals surface area contributed by atoms with Crippen molar-refractivity contribution in [1.29, 1.82) is 0 Å². The van der Waals surface area contributed by atoms with Crippen molar-refractivity contribution in [3.8, 4) is 11.1 Å². The van der Waals surface area contributed by atoms with Gasteiger partial charge < -0.3 is 0 Å². The molecule has 4 rings (SSSR count). The van der Waals surface area contributed by atoms with Crippen molar-refractivity contribution in [2.75, 3.05) is 5.75 Å². The first kappa shape index (κ1) is 17.8. The summed E-state index contributed by atoms with van der Waals surface area (Å²) in [5.41, 5.74) is 3.44. The fraction of sp³-hybridized carbons (Fsp3) is 0.0952. The summed E-state index contributed by atoms with van der Waals surface area (Å²) in [5.74, 6) is -0.625. The molecule has 0 aliphatic carbocycles. The average Bonchev–Trinajstić information content (AvgIpc) is 3.12. The highest BCUT2D eigenvalue weighted by Gasteiger charge is 2.16. The van der Waals surface area contributed by atoms with Gasteiger partial charge in [-0.05, 0) is 24.6 Å². The summed E-state index contributed by atoms with van der Waals surface area (Å²) < 4.78 is 13.8. The molecule has 2 heterocycles. The smallest absolute Gasteiger partial charge is 0.176 e. The zero-order valence-electron chi connectivity index (χ0n) is 14.5. The minimum absolute atomic E-state index is 0.111. The second kappa shape index (κ2) is 7.58. The number of thioether (sulfide) groups is 1. The highest BCUT2D eigenvalue weighted by molar-refractivity contribution is 8.00. The van der Waals surface area contributed by atoms with E-state index in [1.807, 2.05) is 6.92 Å². The lowest BCUT2D eigenvalue weighted by Gasteiger charge is -2.06. The average molecular weight is 394 g/mol. The van der Waals surface area contributed by atoms with Crippen LogP contribution in [0.5, 0.6) is 0 Å². The highest BCUT2D eigenvalue weighted by atomic mass is 32.2. The molecule has 3 nitrogen and oxygen atoms in total. The van der Waals surface area contributed by atoms with Crippen LogP contribution in [-0.4, -0.2) is 21.5 Å². The number of nitrogens with zero attached hydrogens (tertiary/aromatic N) is 2. The number of hydrogen-bond acceptors (Lipinski definition) is 5. The first-order valence-electron chi connectivity index (χ1n) is 8.33. The van der Waals surface area contributed by atoms with Gasteiger partial charge in [-0.25, -0.2) is 14.4 Å². The monoisotopic (exact) mass is 394 g/mol. The van der Waals surface area contributed by atoms with Gasteiger partial charge >= 0.3 is 0 Å². The van der Waals surface area contributed by atoms with Crippen LogP contribution in [0.15, 0.2) is 65.3 Å². The van der Waals surface area contributed by atoms with Crippen molar-refractivity contribution in [2.24, 2.45) is 0 Å². The van der Waals surface area contributed by atoms with Crippen LogP contribution in [-0.2, 0) is 0 Å². The number of fused-ring (bicyclic) bond motifs is 1. The molecule has 0 atom stereocenters.